The van der Waals surface area contributed by atoms with Gasteiger partial charge in [0.05, 0.1) is 17.9 Å². The summed E-state index contributed by atoms with van der Waals surface area (Å²) in [6.45, 7) is 3.48. The van der Waals surface area contributed by atoms with E-state index in [0.29, 0.717) is 48.3 Å². The molecule has 1 aliphatic rings. The minimum absolute atomic E-state index is 0.333. The molecular weight excluding hydrogens is 412 g/mol. The smallest absolute Gasteiger partial charge is 0.328 e. The molecule has 10 nitrogen and oxygen atoms in total. The summed E-state index contributed by atoms with van der Waals surface area (Å²) in [6.07, 6.45) is 2.47. The molecule has 3 rings (SSSR count). The van der Waals surface area contributed by atoms with E-state index < -0.39 is 6.29 Å². The normalized spacial score (nSPS) is 12.9. The van der Waals surface area contributed by atoms with Gasteiger partial charge in [0.1, 0.15) is 23.4 Å². The van der Waals surface area contributed by atoms with Crippen molar-refractivity contribution >= 4 is 23.4 Å². The summed E-state index contributed by atoms with van der Waals surface area (Å²) in [5.74, 6) is 0.917. The second-order valence-corrected chi connectivity index (χ2v) is 7.31. The molecule has 32 heavy (non-hydrogen) atoms. The van der Waals surface area contributed by atoms with Gasteiger partial charge in [-0.2, -0.15) is 5.26 Å². The molecule has 0 radical (unpaired) electrons. The van der Waals surface area contributed by atoms with E-state index in [1.165, 1.54) is 6.20 Å². The molecule has 10 heteroatoms. The van der Waals surface area contributed by atoms with E-state index in [-0.39, 0.29) is 6.03 Å². The molecule has 0 spiro atoms. The largest absolute Gasteiger partial charge is 0.383 e. The van der Waals surface area contributed by atoms with Crippen LogP contribution in [0.25, 0.3) is 0 Å². The van der Waals surface area contributed by atoms with E-state index in [1.54, 1.807) is 32.3 Å². The number of methoxy groups -OCH3 is 3. The Labute approximate surface area is 187 Å². The van der Waals surface area contributed by atoms with Crippen LogP contribution >= 0.6 is 0 Å². The lowest BCUT2D eigenvalue weighted by Crippen LogP contribution is -2.40. The molecule has 1 aliphatic heterocycles. The number of nitrogens with zero attached hydrogens (tertiary/aromatic N) is 4. The highest BCUT2D eigenvalue weighted by Crippen LogP contribution is 2.31. The number of ether oxygens (including phenoxy) is 3. The lowest BCUT2D eigenvalue weighted by molar-refractivity contribution is -0.109. The molecule has 0 bridgehead atoms. The van der Waals surface area contributed by atoms with Gasteiger partial charge in [0.25, 0.3) is 0 Å². The van der Waals surface area contributed by atoms with Gasteiger partial charge < -0.3 is 19.5 Å². The number of amides is 2. The zero-order valence-corrected chi connectivity index (χ0v) is 18.8. The van der Waals surface area contributed by atoms with Gasteiger partial charge in [-0.1, -0.05) is 6.07 Å². The number of nitriles is 1. The van der Waals surface area contributed by atoms with Gasteiger partial charge in [0.2, 0.25) is 6.29 Å². The molecule has 0 aromatic carbocycles. The Morgan fingerprint density at radius 3 is 2.78 bits per heavy atom. The van der Waals surface area contributed by atoms with E-state index in [0.717, 1.165) is 24.0 Å². The number of carbonyl (C=O) groups excluding carboxylic acids is 1. The van der Waals surface area contributed by atoms with Gasteiger partial charge in [0.15, 0.2) is 0 Å². The Bertz CT molecular complexity index is 1000. The van der Waals surface area contributed by atoms with Crippen molar-refractivity contribution < 1.29 is 19.0 Å². The van der Waals surface area contributed by atoms with Gasteiger partial charge in [-0.15, -0.1) is 0 Å². The number of anilines is 3. The summed E-state index contributed by atoms with van der Waals surface area (Å²) in [4.78, 5) is 23.6. The van der Waals surface area contributed by atoms with Crippen LogP contribution in [-0.2, 0) is 20.6 Å². The fraction of sp³-hybridized carbons (Fsp3) is 0.455. The van der Waals surface area contributed by atoms with Crippen molar-refractivity contribution in [3.8, 4) is 6.07 Å². The average molecular weight is 441 g/mol. The third-order valence-corrected chi connectivity index (χ3v) is 5.17. The van der Waals surface area contributed by atoms with Crippen LogP contribution < -0.4 is 15.5 Å². The van der Waals surface area contributed by atoms with Crippen molar-refractivity contribution in [2.45, 2.75) is 26.1 Å². The Balaban J connectivity index is 1.85. The predicted octanol–water partition coefficient (Wildman–Crippen LogP) is 2.99. The summed E-state index contributed by atoms with van der Waals surface area (Å²) in [6, 6.07) is 5.41. The number of urea groups is 1. The highest BCUT2D eigenvalue weighted by molar-refractivity contribution is 6.01. The van der Waals surface area contributed by atoms with Crippen molar-refractivity contribution in [2.75, 3.05) is 56.6 Å². The van der Waals surface area contributed by atoms with Crippen molar-refractivity contribution in [3.63, 3.8) is 0 Å². The molecular formula is C22H28N6O4. The Morgan fingerprint density at radius 2 is 2.09 bits per heavy atom. The molecule has 2 aromatic rings. The summed E-state index contributed by atoms with van der Waals surface area (Å²) in [7, 11) is 4.70. The second kappa shape index (κ2) is 10.9. The fourth-order valence-corrected chi connectivity index (χ4v) is 3.60. The number of hydrogen-bond acceptors (Lipinski definition) is 8. The summed E-state index contributed by atoms with van der Waals surface area (Å²) in [5, 5.41) is 15.2. The quantitative estimate of drug-likeness (QED) is 0.475. The van der Waals surface area contributed by atoms with E-state index >= 15 is 0 Å². The van der Waals surface area contributed by atoms with Crippen LogP contribution in [0.4, 0.5) is 22.1 Å². The number of aromatic nitrogens is 2. The maximum atomic E-state index is 13.1. The Hall–Kier alpha value is -3.26. The number of aryl methyl sites for hydroxylation is 2. The standard InChI is InChI=1S/C22H28N6O4/c1-14-10-15-6-5-8-28(20(15)27-19(14)21(31-3)32-4)22(29)26-18-11-17(24-7-9-30-2)16(12-23)13-25-18/h10-11,13,21H,5-9H2,1-4H3,(H2,24,25,26,29). The average Bonchev–Trinajstić information content (AvgIpc) is 2.80. The minimum atomic E-state index is -0.618. The highest BCUT2D eigenvalue weighted by atomic mass is 16.7. The third-order valence-electron chi connectivity index (χ3n) is 5.17. The number of rotatable bonds is 8. The topological polar surface area (TPSA) is 122 Å². The van der Waals surface area contributed by atoms with Gasteiger partial charge in [-0.05, 0) is 30.9 Å². The first-order valence-corrected chi connectivity index (χ1v) is 10.3. The van der Waals surface area contributed by atoms with Crippen LogP contribution in [0.2, 0.25) is 0 Å². The number of hydrogen-bond donors (Lipinski definition) is 2. The molecule has 0 fully saturated rings. The first-order valence-electron chi connectivity index (χ1n) is 10.3. The lowest BCUT2D eigenvalue weighted by atomic mass is 10.0. The van der Waals surface area contributed by atoms with E-state index in [1.807, 2.05) is 13.0 Å². The summed E-state index contributed by atoms with van der Waals surface area (Å²) >= 11 is 0. The molecule has 3 heterocycles. The summed E-state index contributed by atoms with van der Waals surface area (Å²) < 4.78 is 15.8. The third kappa shape index (κ3) is 5.13. The monoisotopic (exact) mass is 440 g/mol. The molecule has 2 amide bonds. The zero-order valence-electron chi connectivity index (χ0n) is 18.8. The molecule has 170 valence electrons. The second-order valence-electron chi connectivity index (χ2n) is 7.31. The molecule has 0 unspecified atom stereocenters. The van der Waals surface area contributed by atoms with Crippen molar-refractivity contribution in [1.29, 1.82) is 5.26 Å². The minimum Gasteiger partial charge on any atom is -0.383 e. The van der Waals surface area contributed by atoms with Crippen LogP contribution in [-0.4, -0.2) is 57.0 Å². The van der Waals surface area contributed by atoms with Crippen molar-refractivity contribution in [3.05, 3.63) is 40.7 Å². The fourth-order valence-electron chi connectivity index (χ4n) is 3.60. The van der Waals surface area contributed by atoms with Crippen LogP contribution in [0.15, 0.2) is 18.3 Å². The molecule has 2 aromatic heterocycles. The lowest BCUT2D eigenvalue weighted by Gasteiger charge is -2.30. The number of nitrogens with one attached hydrogen (secondary N) is 2. The van der Waals surface area contributed by atoms with Gasteiger partial charge in [-0.3, -0.25) is 10.2 Å². The highest BCUT2D eigenvalue weighted by Gasteiger charge is 2.27. The molecule has 0 aliphatic carbocycles. The Morgan fingerprint density at radius 1 is 1.31 bits per heavy atom. The van der Waals surface area contributed by atoms with E-state index in [2.05, 4.69) is 21.7 Å². The van der Waals surface area contributed by atoms with Gasteiger partial charge >= 0.3 is 6.03 Å². The van der Waals surface area contributed by atoms with Crippen LogP contribution in [0.1, 0.15) is 35.1 Å². The van der Waals surface area contributed by atoms with E-state index in [9.17, 15) is 10.1 Å². The maximum Gasteiger partial charge on any atom is 0.328 e. The predicted molar refractivity (Wildman–Crippen MR) is 120 cm³/mol. The van der Waals surface area contributed by atoms with Crippen LogP contribution in [0, 0.1) is 18.3 Å². The van der Waals surface area contributed by atoms with Crippen molar-refractivity contribution in [2.24, 2.45) is 0 Å². The first kappa shape index (κ1) is 23.4. The summed E-state index contributed by atoms with van der Waals surface area (Å²) in [5.41, 5.74) is 3.53. The molecule has 0 saturated heterocycles. The van der Waals surface area contributed by atoms with Gasteiger partial charge in [-0.25, -0.2) is 14.8 Å². The number of fused-ring (bicyclic) bond motifs is 1. The first-order chi connectivity index (χ1) is 15.5. The molecule has 0 atom stereocenters. The van der Waals surface area contributed by atoms with Crippen LogP contribution in [0.5, 0.6) is 0 Å². The van der Waals surface area contributed by atoms with Gasteiger partial charge in [0, 0.05) is 46.7 Å². The SMILES string of the molecule is COCCNc1cc(NC(=O)N2CCCc3cc(C)c(C(OC)OC)nc32)ncc1C#N. The van der Waals surface area contributed by atoms with Crippen molar-refractivity contribution in [1.82, 2.24) is 9.97 Å². The number of pyridine rings is 2. The maximum absolute atomic E-state index is 13.1. The zero-order chi connectivity index (χ0) is 23.1. The molecule has 2 N–H and O–H groups in total. The molecule has 0 saturated carbocycles. The Kier molecular flexibility index (Phi) is 7.94. The number of carbonyl (C=O) groups is 1. The van der Waals surface area contributed by atoms with Crippen LogP contribution in [0.3, 0.4) is 0 Å². The van der Waals surface area contributed by atoms with E-state index in [4.69, 9.17) is 19.2 Å².